The van der Waals surface area contributed by atoms with Crippen LogP contribution in [0.15, 0.2) is 24.3 Å². The van der Waals surface area contributed by atoms with Crippen molar-refractivity contribution in [1.82, 2.24) is 4.90 Å². The van der Waals surface area contributed by atoms with E-state index in [0.717, 1.165) is 24.9 Å². The molecular weight excluding hydrogens is 188 g/mol. The number of para-hydroxylation sites is 1. The van der Waals surface area contributed by atoms with E-state index in [1.807, 2.05) is 24.3 Å². The Hall–Kier alpha value is -1.06. The van der Waals surface area contributed by atoms with Gasteiger partial charge in [-0.05, 0) is 32.5 Å². The van der Waals surface area contributed by atoms with Crippen LogP contribution in [-0.4, -0.2) is 29.6 Å². The molecule has 0 saturated carbocycles. The molecule has 1 heterocycles. The van der Waals surface area contributed by atoms with Gasteiger partial charge >= 0.3 is 0 Å². The molecule has 15 heavy (non-hydrogen) atoms. The molecule has 3 nitrogen and oxygen atoms in total. The number of likely N-dealkylation sites (tertiary alicyclic amines) is 1. The summed E-state index contributed by atoms with van der Waals surface area (Å²) in [6.45, 7) is 1.06. The van der Waals surface area contributed by atoms with E-state index in [9.17, 15) is 5.11 Å². The van der Waals surface area contributed by atoms with Crippen LogP contribution in [-0.2, 0) is 0 Å². The normalized spacial score (nSPS) is 24.3. The molecule has 0 spiro atoms. The van der Waals surface area contributed by atoms with E-state index < -0.39 is 6.10 Å². The van der Waals surface area contributed by atoms with Gasteiger partial charge in [-0.1, -0.05) is 18.2 Å². The van der Waals surface area contributed by atoms with Gasteiger partial charge in [0.2, 0.25) is 0 Å². The maximum atomic E-state index is 10.2. The molecule has 2 rings (SSSR count). The summed E-state index contributed by atoms with van der Waals surface area (Å²) in [5.41, 5.74) is 7.40. The first-order valence-corrected chi connectivity index (χ1v) is 5.43. The van der Waals surface area contributed by atoms with Crippen LogP contribution in [0.4, 0.5) is 5.69 Å². The lowest BCUT2D eigenvalue weighted by Crippen LogP contribution is -2.31. The fourth-order valence-electron chi connectivity index (χ4n) is 2.32. The SMILES string of the molecule is CN1CCCC1C(O)c1ccccc1N. The molecule has 1 saturated heterocycles. The minimum absolute atomic E-state index is 0.217. The van der Waals surface area contributed by atoms with Crippen molar-refractivity contribution >= 4 is 5.69 Å². The highest BCUT2D eigenvalue weighted by atomic mass is 16.3. The van der Waals surface area contributed by atoms with Crippen molar-refractivity contribution in [1.29, 1.82) is 0 Å². The Labute approximate surface area is 90.5 Å². The monoisotopic (exact) mass is 206 g/mol. The zero-order chi connectivity index (χ0) is 10.8. The molecule has 1 aliphatic rings. The molecule has 1 aromatic rings. The number of aliphatic hydroxyl groups is 1. The fourth-order valence-corrected chi connectivity index (χ4v) is 2.32. The number of rotatable bonds is 2. The van der Waals surface area contributed by atoms with Crippen LogP contribution in [0.2, 0.25) is 0 Å². The second kappa shape index (κ2) is 4.21. The molecule has 2 unspecified atom stereocenters. The highest BCUT2D eigenvalue weighted by Crippen LogP contribution is 2.30. The van der Waals surface area contributed by atoms with Crippen LogP contribution in [0.3, 0.4) is 0 Å². The molecule has 2 atom stereocenters. The lowest BCUT2D eigenvalue weighted by molar-refractivity contribution is 0.0863. The Kier molecular flexibility index (Phi) is 2.93. The first kappa shape index (κ1) is 10.5. The van der Waals surface area contributed by atoms with Gasteiger partial charge in [0.15, 0.2) is 0 Å². The second-order valence-electron chi connectivity index (χ2n) is 4.26. The second-order valence-corrected chi connectivity index (χ2v) is 4.26. The van der Waals surface area contributed by atoms with Gasteiger partial charge < -0.3 is 15.7 Å². The molecule has 1 aromatic carbocycles. The number of nitrogens with two attached hydrogens (primary N) is 1. The third kappa shape index (κ3) is 1.98. The van der Waals surface area contributed by atoms with Gasteiger partial charge in [-0.3, -0.25) is 0 Å². The van der Waals surface area contributed by atoms with Gasteiger partial charge in [0.25, 0.3) is 0 Å². The smallest absolute Gasteiger partial charge is 0.0964 e. The maximum Gasteiger partial charge on any atom is 0.0964 e. The number of nitrogen functional groups attached to an aromatic ring is 1. The molecule has 82 valence electrons. The van der Waals surface area contributed by atoms with Gasteiger partial charge in [0.05, 0.1) is 6.10 Å². The van der Waals surface area contributed by atoms with Crippen LogP contribution in [0.5, 0.6) is 0 Å². The molecular formula is C12H18N2O. The molecule has 0 amide bonds. The van der Waals surface area contributed by atoms with Gasteiger partial charge in [0.1, 0.15) is 0 Å². The standard InChI is InChI=1S/C12H18N2O/c1-14-8-4-7-11(14)12(15)9-5-2-3-6-10(9)13/h2-3,5-6,11-12,15H,4,7-8,13H2,1H3. The molecule has 1 fully saturated rings. The third-order valence-corrected chi connectivity index (χ3v) is 3.26. The number of aliphatic hydroxyl groups excluding tert-OH is 1. The summed E-state index contributed by atoms with van der Waals surface area (Å²) >= 11 is 0. The summed E-state index contributed by atoms with van der Waals surface area (Å²) < 4.78 is 0. The summed E-state index contributed by atoms with van der Waals surface area (Å²) in [6, 6.07) is 7.78. The number of hydrogen-bond donors (Lipinski definition) is 2. The van der Waals surface area contributed by atoms with E-state index in [1.165, 1.54) is 0 Å². The summed E-state index contributed by atoms with van der Waals surface area (Å²) in [5.74, 6) is 0. The van der Waals surface area contributed by atoms with Crippen LogP contribution < -0.4 is 5.73 Å². The van der Waals surface area contributed by atoms with Crippen molar-refractivity contribution in [2.45, 2.75) is 25.0 Å². The Morgan fingerprint density at radius 1 is 1.47 bits per heavy atom. The van der Waals surface area contributed by atoms with Crippen LogP contribution in [0, 0.1) is 0 Å². The first-order valence-electron chi connectivity index (χ1n) is 5.43. The van der Waals surface area contributed by atoms with Crippen molar-refractivity contribution in [3.63, 3.8) is 0 Å². The van der Waals surface area contributed by atoms with E-state index in [0.29, 0.717) is 5.69 Å². The predicted molar refractivity (Wildman–Crippen MR) is 61.5 cm³/mol. The summed E-state index contributed by atoms with van der Waals surface area (Å²) in [6.07, 6.45) is 1.75. The molecule has 3 N–H and O–H groups in total. The van der Waals surface area contributed by atoms with Gasteiger partial charge in [-0.15, -0.1) is 0 Å². The highest BCUT2D eigenvalue weighted by Gasteiger charge is 2.29. The minimum Gasteiger partial charge on any atom is -0.398 e. The number of hydrogen-bond acceptors (Lipinski definition) is 3. The zero-order valence-electron chi connectivity index (χ0n) is 9.06. The van der Waals surface area contributed by atoms with Crippen molar-refractivity contribution in [2.75, 3.05) is 19.3 Å². The quantitative estimate of drug-likeness (QED) is 0.719. The van der Waals surface area contributed by atoms with Crippen molar-refractivity contribution in [2.24, 2.45) is 0 Å². The minimum atomic E-state index is -0.460. The summed E-state index contributed by atoms with van der Waals surface area (Å²) in [7, 11) is 2.06. The molecule has 1 aliphatic heterocycles. The van der Waals surface area contributed by atoms with E-state index in [1.54, 1.807) is 0 Å². The number of likely N-dealkylation sites (N-methyl/N-ethyl adjacent to an activating group) is 1. The van der Waals surface area contributed by atoms with Gasteiger partial charge in [0, 0.05) is 17.3 Å². The van der Waals surface area contributed by atoms with Crippen LogP contribution >= 0.6 is 0 Å². The first-order chi connectivity index (χ1) is 7.20. The number of nitrogens with zero attached hydrogens (tertiary/aromatic N) is 1. The van der Waals surface area contributed by atoms with E-state index in [2.05, 4.69) is 11.9 Å². The maximum absolute atomic E-state index is 10.2. The van der Waals surface area contributed by atoms with Crippen molar-refractivity contribution < 1.29 is 5.11 Å². The molecule has 0 radical (unpaired) electrons. The highest BCUT2D eigenvalue weighted by molar-refractivity contribution is 5.48. The lowest BCUT2D eigenvalue weighted by atomic mass is 9.99. The Morgan fingerprint density at radius 3 is 2.80 bits per heavy atom. The van der Waals surface area contributed by atoms with Crippen LogP contribution in [0.25, 0.3) is 0 Å². The summed E-state index contributed by atoms with van der Waals surface area (Å²) in [4.78, 5) is 2.21. The van der Waals surface area contributed by atoms with E-state index >= 15 is 0 Å². The molecule has 3 heteroatoms. The van der Waals surface area contributed by atoms with Gasteiger partial charge in [-0.25, -0.2) is 0 Å². The van der Waals surface area contributed by atoms with Gasteiger partial charge in [-0.2, -0.15) is 0 Å². The fraction of sp³-hybridized carbons (Fsp3) is 0.500. The predicted octanol–water partition coefficient (Wildman–Crippen LogP) is 1.40. The Morgan fingerprint density at radius 2 is 2.20 bits per heavy atom. The molecule has 0 aromatic heterocycles. The third-order valence-electron chi connectivity index (χ3n) is 3.26. The Bertz CT molecular complexity index is 340. The summed E-state index contributed by atoms with van der Waals surface area (Å²) in [5, 5.41) is 10.2. The van der Waals surface area contributed by atoms with Crippen LogP contribution in [0.1, 0.15) is 24.5 Å². The average Bonchev–Trinajstić information content (AvgIpc) is 2.64. The lowest BCUT2D eigenvalue weighted by Gasteiger charge is -2.26. The Balaban J connectivity index is 2.20. The number of benzene rings is 1. The zero-order valence-corrected chi connectivity index (χ0v) is 9.06. The topological polar surface area (TPSA) is 49.5 Å². The number of anilines is 1. The largest absolute Gasteiger partial charge is 0.398 e. The van der Waals surface area contributed by atoms with Crippen molar-refractivity contribution in [3.8, 4) is 0 Å². The molecule has 0 bridgehead atoms. The van der Waals surface area contributed by atoms with Crippen molar-refractivity contribution in [3.05, 3.63) is 29.8 Å². The van der Waals surface area contributed by atoms with E-state index in [4.69, 9.17) is 5.73 Å². The average molecular weight is 206 g/mol. The van der Waals surface area contributed by atoms with E-state index in [-0.39, 0.29) is 6.04 Å². The molecule has 0 aliphatic carbocycles.